The number of primary sulfonamides is 1. The number of likely N-dealkylation sites (N-methyl/N-ethyl adjacent to an activating group) is 1. The van der Waals surface area contributed by atoms with E-state index in [2.05, 4.69) is 37.6 Å². The number of rotatable bonds is 3. The van der Waals surface area contributed by atoms with Crippen molar-refractivity contribution in [2.45, 2.75) is 4.90 Å². The zero-order valence-electron chi connectivity index (χ0n) is 13.8. The Morgan fingerprint density at radius 1 is 1.12 bits per heavy atom. The van der Waals surface area contributed by atoms with Gasteiger partial charge in [0.05, 0.1) is 10.6 Å². The Labute approximate surface area is 145 Å². The van der Waals surface area contributed by atoms with Crippen molar-refractivity contribution in [1.82, 2.24) is 9.80 Å². The van der Waals surface area contributed by atoms with Crippen LogP contribution in [0.1, 0.15) is 0 Å². The van der Waals surface area contributed by atoms with E-state index in [1.165, 1.54) is 12.1 Å². The molecule has 11 heteroatoms. The van der Waals surface area contributed by atoms with Gasteiger partial charge in [-0.05, 0) is 31.3 Å². The predicted octanol–water partition coefficient (Wildman–Crippen LogP) is -0.966. The minimum Gasteiger partial charge on any atom is -0.380 e. The first-order valence-electron chi connectivity index (χ1n) is 7.66. The molecular weight excluding hydrogens is 344 g/mol. The highest BCUT2D eigenvalue weighted by Crippen LogP contribution is 2.13. The standard InChI is InChI=1S/C14H20N8O2S/c1-21-6-8-22(9-7-21)14-12(13(15)19-20-14)18-17-10-2-4-11(5-3-10)25(16,23)24/h2-5,17H,6-9H2,1H3,(H2,15,18,19)(H2,16,23,24). The van der Waals surface area contributed by atoms with Gasteiger partial charge in [-0.1, -0.05) is 0 Å². The second-order valence-corrected chi connectivity index (χ2v) is 7.40. The summed E-state index contributed by atoms with van der Waals surface area (Å²) in [6.45, 7) is 3.49. The van der Waals surface area contributed by atoms with Crippen LogP contribution >= 0.6 is 0 Å². The van der Waals surface area contributed by atoms with E-state index in [1.807, 2.05) is 0 Å². The van der Waals surface area contributed by atoms with Crippen molar-refractivity contribution in [3.05, 3.63) is 24.3 Å². The Morgan fingerprint density at radius 2 is 1.76 bits per heavy atom. The molecule has 2 aliphatic rings. The Morgan fingerprint density at radius 3 is 2.36 bits per heavy atom. The highest BCUT2D eigenvalue weighted by atomic mass is 32.2. The van der Waals surface area contributed by atoms with Crippen molar-refractivity contribution in [3.63, 3.8) is 0 Å². The molecular formula is C14H20N8O2S. The number of anilines is 1. The lowest BCUT2D eigenvalue weighted by molar-refractivity contribution is 0.217. The number of nitrogens with one attached hydrogen (secondary N) is 1. The van der Waals surface area contributed by atoms with Crippen LogP contribution < -0.4 is 16.3 Å². The molecule has 0 aromatic heterocycles. The van der Waals surface area contributed by atoms with E-state index in [0.717, 1.165) is 26.2 Å². The van der Waals surface area contributed by atoms with Crippen molar-refractivity contribution in [1.29, 1.82) is 0 Å². The number of nitrogens with two attached hydrogens (primary N) is 2. The van der Waals surface area contributed by atoms with Crippen LogP contribution in [0, 0.1) is 0 Å². The van der Waals surface area contributed by atoms with Gasteiger partial charge in [0.2, 0.25) is 10.0 Å². The van der Waals surface area contributed by atoms with Crippen molar-refractivity contribution >= 4 is 33.1 Å². The fourth-order valence-electron chi connectivity index (χ4n) is 2.49. The molecule has 0 spiro atoms. The first-order valence-corrected chi connectivity index (χ1v) is 9.21. The van der Waals surface area contributed by atoms with Crippen LogP contribution in [0.15, 0.2) is 44.5 Å². The first kappa shape index (κ1) is 17.3. The van der Waals surface area contributed by atoms with E-state index in [1.54, 1.807) is 12.1 Å². The van der Waals surface area contributed by atoms with Crippen LogP contribution in [-0.2, 0) is 10.0 Å². The summed E-state index contributed by atoms with van der Waals surface area (Å²) >= 11 is 0. The molecule has 5 N–H and O–H groups in total. The van der Waals surface area contributed by atoms with Crippen LogP contribution in [0.4, 0.5) is 5.69 Å². The van der Waals surface area contributed by atoms with Crippen LogP contribution in [0.3, 0.4) is 0 Å². The summed E-state index contributed by atoms with van der Waals surface area (Å²) in [6, 6.07) is 5.94. The summed E-state index contributed by atoms with van der Waals surface area (Å²) in [7, 11) is -1.65. The van der Waals surface area contributed by atoms with Gasteiger partial charge in [-0.2, -0.15) is 5.10 Å². The smallest absolute Gasteiger partial charge is 0.238 e. The Kier molecular flexibility index (Phi) is 4.70. The Balaban J connectivity index is 1.73. The molecule has 25 heavy (non-hydrogen) atoms. The van der Waals surface area contributed by atoms with Crippen molar-refractivity contribution in [2.24, 2.45) is 26.2 Å². The highest BCUT2D eigenvalue weighted by Gasteiger charge is 2.27. The molecule has 0 amide bonds. The molecule has 0 aliphatic carbocycles. The molecule has 2 aliphatic heterocycles. The molecule has 2 heterocycles. The van der Waals surface area contributed by atoms with Gasteiger partial charge >= 0.3 is 0 Å². The van der Waals surface area contributed by atoms with Gasteiger partial charge in [-0.25, -0.2) is 13.6 Å². The molecule has 1 aromatic carbocycles. The third kappa shape index (κ3) is 3.95. The lowest BCUT2D eigenvalue weighted by Crippen LogP contribution is -2.50. The number of hydrogen-bond donors (Lipinski definition) is 3. The van der Waals surface area contributed by atoms with Crippen LogP contribution in [0.25, 0.3) is 0 Å². The molecule has 1 fully saturated rings. The van der Waals surface area contributed by atoms with E-state index in [4.69, 9.17) is 10.9 Å². The SMILES string of the molecule is CN1CCN(C2=NN=C(N)/C2=N/Nc2ccc(S(N)(=O)=O)cc2)CC1. The maximum absolute atomic E-state index is 11.3. The van der Waals surface area contributed by atoms with E-state index in [9.17, 15) is 8.42 Å². The predicted molar refractivity (Wildman–Crippen MR) is 97.0 cm³/mol. The first-order chi connectivity index (χ1) is 11.8. The number of benzene rings is 1. The quantitative estimate of drug-likeness (QED) is 0.589. The molecule has 10 nitrogen and oxygen atoms in total. The van der Waals surface area contributed by atoms with Gasteiger partial charge in [0, 0.05) is 26.2 Å². The van der Waals surface area contributed by atoms with Gasteiger partial charge in [0.25, 0.3) is 0 Å². The molecule has 0 unspecified atom stereocenters. The monoisotopic (exact) mass is 364 g/mol. The van der Waals surface area contributed by atoms with Gasteiger partial charge in [0.15, 0.2) is 17.4 Å². The number of amidine groups is 2. The molecule has 3 rings (SSSR count). The fourth-order valence-corrected chi connectivity index (χ4v) is 3.00. The molecule has 134 valence electrons. The van der Waals surface area contributed by atoms with Crippen molar-refractivity contribution in [2.75, 3.05) is 38.7 Å². The van der Waals surface area contributed by atoms with Crippen LogP contribution in [0.5, 0.6) is 0 Å². The topological polar surface area (TPSA) is 142 Å². The average Bonchev–Trinajstić information content (AvgIpc) is 2.94. The largest absolute Gasteiger partial charge is 0.380 e. The number of hydrogen-bond acceptors (Lipinski definition) is 9. The molecule has 0 radical (unpaired) electrons. The normalized spacial score (nSPS) is 20.6. The summed E-state index contributed by atoms with van der Waals surface area (Å²) in [5.74, 6) is 0.877. The van der Waals surface area contributed by atoms with Crippen molar-refractivity contribution < 1.29 is 8.42 Å². The lowest BCUT2D eigenvalue weighted by atomic mass is 10.2. The maximum atomic E-state index is 11.3. The van der Waals surface area contributed by atoms with Gasteiger partial charge in [-0.3, -0.25) is 5.43 Å². The minimum absolute atomic E-state index is 0.0346. The highest BCUT2D eigenvalue weighted by molar-refractivity contribution is 7.89. The Bertz CT molecular complexity index is 836. The molecule has 1 aromatic rings. The maximum Gasteiger partial charge on any atom is 0.238 e. The van der Waals surface area contributed by atoms with Crippen molar-refractivity contribution in [3.8, 4) is 0 Å². The third-order valence-electron chi connectivity index (χ3n) is 3.99. The summed E-state index contributed by atoms with van der Waals surface area (Å²) in [4.78, 5) is 4.36. The minimum atomic E-state index is -3.72. The second kappa shape index (κ2) is 6.78. The van der Waals surface area contributed by atoms with Crippen LogP contribution in [-0.4, -0.2) is 68.8 Å². The second-order valence-electron chi connectivity index (χ2n) is 5.84. The number of piperazine rings is 1. The van der Waals surface area contributed by atoms with E-state index in [0.29, 0.717) is 17.2 Å². The van der Waals surface area contributed by atoms with E-state index in [-0.39, 0.29) is 10.7 Å². The zero-order valence-corrected chi connectivity index (χ0v) is 14.6. The zero-order chi connectivity index (χ0) is 18.0. The Hall–Kier alpha value is -2.50. The number of nitrogens with zero attached hydrogens (tertiary/aromatic N) is 5. The van der Waals surface area contributed by atoms with E-state index >= 15 is 0 Å². The molecule has 1 saturated heterocycles. The number of hydrazone groups is 1. The summed E-state index contributed by atoms with van der Waals surface area (Å²) in [6.07, 6.45) is 0. The average molecular weight is 364 g/mol. The van der Waals surface area contributed by atoms with Gasteiger partial charge < -0.3 is 15.5 Å². The van der Waals surface area contributed by atoms with E-state index < -0.39 is 10.0 Å². The third-order valence-corrected chi connectivity index (χ3v) is 4.92. The summed E-state index contributed by atoms with van der Waals surface area (Å²) < 4.78 is 22.5. The molecule has 0 bridgehead atoms. The summed E-state index contributed by atoms with van der Waals surface area (Å²) in [5.41, 5.74) is 9.79. The fraction of sp³-hybridized carbons (Fsp3) is 0.357. The lowest BCUT2D eigenvalue weighted by Gasteiger charge is -2.33. The summed E-state index contributed by atoms with van der Waals surface area (Å²) in [5, 5.41) is 17.4. The van der Waals surface area contributed by atoms with Gasteiger partial charge in [-0.15, -0.1) is 10.2 Å². The molecule has 0 saturated carbocycles. The molecule has 0 atom stereocenters. The van der Waals surface area contributed by atoms with Crippen LogP contribution in [0.2, 0.25) is 0 Å². The van der Waals surface area contributed by atoms with Gasteiger partial charge in [0.1, 0.15) is 0 Å². The number of sulfonamides is 1.